The lowest BCUT2D eigenvalue weighted by atomic mass is 10.1. The summed E-state index contributed by atoms with van der Waals surface area (Å²) in [4.78, 5) is 24.5. The smallest absolute Gasteiger partial charge is 0.251 e. The summed E-state index contributed by atoms with van der Waals surface area (Å²) in [7, 11) is 0. The quantitative estimate of drug-likeness (QED) is 0.792. The van der Waals surface area contributed by atoms with E-state index in [9.17, 15) is 9.59 Å². The number of primary amides is 1. The van der Waals surface area contributed by atoms with E-state index in [0.717, 1.165) is 20.5 Å². The summed E-state index contributed by atoms with van der Waals surface area (Å²) < 4.78 is 0.902. The van der Waals surface area contributed by atoms with Crippen LogP contribution in [0.4, 0.5) is 5.00 Å². The van der Waals surface area contributed by atoms with Crippen molar-refractivity contribution in [3.8, 4) is 0 Å². The van der Waals surface area contributed by atoms with E-state index in [-0.39, 0.29) is 5.91 Å². The molecule has 4 nitrogen and oxygen atoms in total. The molecule has 0 atom stereocenters. The SMILES string of the molecule is Cc1sc(NC(=O)/C=C/c2ccccc2Br)c(C(N)=O)c1C. The predicted molar refractivity (Wildman–Crippen MR) is 94.1 cm³/mol. The van der Waals surface area contributed by atoms with Crippen molar-refractivity contribution in [3.63, 3.8) is 0 Å². The molecule has 2 rings (SSSR count). The Bertz CT molecular complexity index is 766. The molecule has 0 saturated carbocycles. The Labute approximate surface area is 141 Å². The van der Waals surface area contributed by atoms with Crippen LogP contribution in [-0.4, -0.2) is 11.8 Å². The zero-order valence-electron chi connectivity index (χ0n) is 12.1. The Morgan fingerprint density at radius 1 is 1.27 bits per heavy atom. The highest BCUT2D eigenvalue weighted by Crippen LogP contribution is 2.32. The lowest BCUT2D eigenvalue weighted by Crippen LogP contribution is -2.16. The van der Waals surface area contributed by atoms with Crippen molar-refractivity contribution in [1.82, 2.24) is 0 Å². The van der Waals surface area contributed by atoms with Gasteiger partial charge < -0.3 is 11.1 Å². The van der Waals surface area contributed by atoms with Crippen molar-refractivity contribution in [2.24, 2.45) is 5.73 Å². The fourth-order valence-corrected chi connectivity index (χ4v) is 3.43. The number of benzene rings is 1. The van der Waals surface area contributed by atoms with Gasteiger partial charge in [-0.1, -0.05) is 34.1 Å². The minimum atomic E-state index is -0.535. The highest BCUT2D eigenvalue weighted by Gasteiger charge is 2.18. The zero-order valence-corrected chi connectivity index (χ0v) is 14.5. The first kappa shape index (κ1) is 16.5. The van der Waals surface area contributed by atoms with Gasteiger partial charge in [-0.3, -0.25) is 9.59 Å². The van der Waals surface area contributed by atoms with Crippen molar-refractivity contribution < 1.29 is 9.59 Å². The lowest BCUT2D eigenvalue weighted by molar-refractivity contribution is -0.111. The number of nitrogens with one attached hydrogen (secondary N) is 1. The van der Waals surface area contributed by atoms with Gasteiger partial charge in [-0.25, -0.2) is 0 Å². The Morgan fingerprint density at radius 3 is 2.59 bits per heavy atom. The number of carbonyl (C=O) groups is 2. The number of carbonyl (C=O) groups excluding carboxylic acids is 2. The second kappa shape index (κ2) is 6.89. The number of rotatable bonds is 4. The molecule has 0 aliphatic heterocycles. The summed E-state index contributed by atoms with van der Waals surface area (Å²) in [5, 5.41) is 3.21. The van der Waals surface area contributed by atoms with Crippen molar-refractivity contribution in [3.05, 3.63) is 56.4 Å². The maximum Gasteiger partial charge on any atom is 0.251 e. The summed E-state index contributed by atoms with van der Waals surface area (Å²) in [5.41, 5.74) is 7.46. The van der Waals surface area contributed by atoms with Crippen LogP contribution in [0.5, 0.6) is 0 Å². The number of hydrogen-bond acceptors (Lipinski definition) is 3. The molecule has 2 aromatic rings. The van der Waals surface area contributed by atoms with Crippen LogP contribution < -0.4 is 11.1 Å². The molecule has 0 radical (unpaired) electrons. The van der Waals surface area contributed by atoms with Crippen molar-refractivity contribution in [2.75, 3.05) is 5.32 Å². The first-order chi connectivity index (χ1) is 10.4. The summed E-state index contributed by atoms with van der Waals surface area (Å²) in [6.45, 7) is 3.71. The largest absolute Gasteiger partial charge is 0.365 e. The minimum absolute atomic E-state index is 0.306. The van der Waals surface area contributed by atoms with E-state index in [1.54, 1.807) is 6.08 Å². The van der Waals surface area contributed by atoms with E-state index in [2.05, 4.69) is 21.2 Å². The third-order valence-electron chi connectivity index (χ3n) is 3.19. The molecule has 0 aliphatic carbocycles. The number of nitrogens with two attached hydrogens (primary N) is 1. The average molecular weight is 379 g/mol. The fraction of sp³-hybridized carbons (Fsp3) is 0.125. The van der Waals surface area contributed by atoms with E-state index in [1.807, 2.05) is 38.1 Å². The Morgan fingerprint density at radius 2 is 1.95 bits per heavy atom. The number of amides is 2. The standard InChI is InChI=1S/C16H15BrN2O2S/c1-9-10(2)22-16(14(9)15(18)21)19-13(20)8-7-11-5-3-4-6-12(11)17/h3-8H,1-2H3,(H2,18,21)(H,19,20)/b8-7+. The molecular weight excluding hydrogens is 364 g/mol. The van der Waals surface area contributed by atoms with Gasteiger partial charge in [0, 0.05) is 15.4 Å². The maximum absolute atomic E-state index is 12.0. The molecule has 0 unspecified atom stereocenters. The highest BCUT2D eigenvalue weighted by molar-refractivity contribution is 9.10. The number of halogens is 1. The van der Waals surface area contributed by atoms with E-state index in [4.69, 9.17) is 5.73 Å². The molecule has 1 aromatic carbocycles. The van der Waals surface area contributed by atoms with Gasteiger partial charge in [0.1, 0.15) is 5.00 Å². The van der Waals surface area contributed by atoms with E-state index >= 15 is 0 Å². The number of anilines is 1. The van der Waals surface area contributed by atoms with E-state index in [1.165, 1.54) is 17.4 Å². The third kappa shape index (κ3) is 3.64. The molecule has 3 N–H and O–H groups in total. The van der Waals surface area contributed by atoms with E-state index < -0.39 is 5.91 Å². The van der Waals surface area contributed by atoms with Gasteiger partial charge in [-0.2, -0.15) is 0 Å². The molecule has 22 heavy (non-hydrogen) atoms. The third-order valence-corrected chi connectivity index (χ3v) is 5.03. The average Bonchev–Trinajstić information content (AvgIpc) is 2.72. The second-order valence-corrected chi connectivity index (χ2v) is 6.77. The summed E-state index contributed by atoms with van der Waals surface area (Å²) in [6, 6.07) is 7.58. The van der Waals surface area contributed by atoms with Gasteiger partial charge in [0.2, 0.25) is 5.91 Å². The molecule has 2 amide bonds. The van der Waals surface area contributed by atoms with Crippen LogP contribution >= 0.6 is 27.3 Å². The van der Waals surface area contributed by atoms with Gasteiger partial charge >= 0.3 is 0 Å². The van der Waals surface area contributed by atoms with Gasteiger partial charge in [-0.05, 0) is 37.1 Å². The molecule has 6 heteroatoms. The molecular formula is C16H15BrN2O2S. The molecule has 0 saturated heterocycles. The summed E-state index contributed by atoms with van der Waals surface area (Å²) >= 11 is 4.76. The number of aryl methyl sites for hydroxylation is 1. The topological polar surface area (TPSA) is 72.2 Å². The van der Waals surface area contributed by atoms with Crippen molar-refractivity contribution in [2.45, 2.75) is 13.8 Å². The van der Waals surface area contributed by atoms with Crippen LogP contribution in [0.3, 0.4) is 0 Å². The number of thiophene rings is 1. The lowest BCUT2D eigenvalue weighted by Gasteiger charge is -2.02. The van der Waals surface area contributed by atoms with Gasteiger partial charge in [0.15, 0.2) is 0 Å². The maximum atomic E-state index is 12.0. The van der Waals surface area contributed by atoms with Crippen LogP contribution in [0, 0.1) is 13.8 Å². The second-order valence-electron chi connectivity index (χ2n) is 4.70. The zero-order chi connectivity index (χ0) is 16.3. The Kier molecular flexibility index (Phi) is 5.15. The predicted octanol–water partition coefficient (Wildman–Crippen LogP) is 3.88. The fourth-order valence-electron chi connectivity index (χ4n) is 1.94. The molecule has 0 fully saturated rings. The Hall–Kier alpha value is -1.92. The normalized spacial score (nSPS) is 10.9. The molecule has 0 bridgehead atoms. The van der Waals surface area contributed by atoms with Gasteiger partial charge in [0.05, 0.1) is 5.56 Å². The van der Waals surface area contributed by atoms with Gasteiger partial charge in [-0.15, -0.1) is 11.3 Å². The first-order valence-electron chi connectivity index (χ1n) is 6.53. The summed E-state index contributed by atoms with van der Waals surface area (Å²) in [5.74, 6) is -0.841. The molecule has 0 spiro atoms. The van der Waals surface area contributed by atoms with E-state index in [0.29, 0.717) is 10.6 Å². The minimum Gasteiger partial charge on any atom is -0.365 e. The number of hydrogen-bond donors (Lipinski definition) is 2. The van der Waals surface area contributed by atoms with Crippen LogP contribution in [-0.2, 0) is 4.79 Å². The Balaban J connectivity index is 2.18. The first-order valence-corrected chi connectivity index (χ1v) is 8.14. The van der Waals surface area contributed by atoms with Crippen molar-refractivity contribution >= 4 is 50.2 Å². The van der Waals surface area contributed by atoms with Crippen LogP contribution in [0.15, 0.2) is 34.8 Å². The highest BCUT2D eigenvalue weighted by atomic mass is 79.9. The van der Waals surface area contributed by atoms with Crippen LogP contribution in [0.1, 0.15) is 26.4 Å². The molecule has 1 aromatic heterocycles. The monoisotopic (exact) mass is 378 g/mol. The molecule has 114 valence electrons. The van der Waals surface area contributed by atoms with Crippen molar-refractivity contribution in [1.29, 1.82) is 0 Å². The van der Waals surface area contributed by atoms with Gasteiger partial charge in [0.25, 0.3) is 5.91 Å². The summed E-state index contributed by atoms with van der Waals surface area (Å²) in [6.07, 6.45) is 3.13. The van der Waals surface area contributed by atoms with Crippen LogP contribution in [0.2, 0.25) is 0 Å². The molecule has 0 aliphatic rings. The van der Waals surface area contributed by atoms with Crippen LogP contribution in [0.25, 0.3) is 6.08 Å². The molecule has 1 heterocycles.